The Labute approximate surface area is 161 Å². The van der Waals surface area contributed by atoms with Crippen molar-refractivity contribution in [2.75, 3.05) is 0 Å². The zero-order valence-corrected chi connectivity index (χ0v) is 16.8. The van der Waals surface area contributed by atoms with E-state index in [1.54, 1.807) is 0 Å². The van der Waals surface area contributed by atoms with Crippen molar-refractivity contribution in [2.24, 2.45) is 0 Å². The monoisotopic (exact) mass is 367 g/mol. The third kappa shape index (κ3) is 4.44. The Morgan fingerprint density at radius 2 is 2.00 bits per heavy atom. The first kappa shape index (κ1) is 19.3. The van der Waals surface area contributed by atoms with Gasteiger partial charge in [0.1, 0.15) is 17.1 Å². The Balaban J connectivity index is 1.76. The van der Waals surface area contributed by atoms with Gasteiger partial charge in [0.25, 0.3) is 5.91 Å². The van der Waals surface area contributed by atoms with Crippen LogP contribution >= 0.6 is 0 Å². The van der Waals surface area contributed by atoms with Crippen LogP contribution in [0.3, 0.4) is 0 Å². The summed E-state index contributed by atoms with van der Waals surface area (Å²) in [6.07, 6.45) is 0.799. The summed E-state index contributed by atoms with van der Waals surface area (Å²) in [6.45, 7) is 10.1. The molecule has 0 saturated heterocycles. The average molecular weight is 367 g/mol. The third-order valence-electron chi connectivity index (χ3n) is 4.96. The highest BCUT2D eigenvalue weighted by Crippen LogP contribution is 2.39. The Hall–Kier alpha value is -2.49. The lowest BCUT2D eigenvalue weighted by Crippen LogP contribution is -2.45. The molecular formula is C23H29NO3. The lowest BCUT2D eigenvalue weighted by atomic mass is 9.89. The highest BCUT2D eigenvalue weighted by atomic mass is 16.5. The Bertz CT molecular complexity index is 828. The maximum absolute atomic E-state index is 13.0. The van der Waals surface area contributed by atoms with E-state index in [1.165, 1.54) is 5.56 Å². The highest BCUT2D eigenvalue weighted by Gasteiger charge is 2.35. The number of ether oxygens (including phenoxy) is 2. The van der Waals surface area contributed by atoms with Crippen molar-refractivity contribution in [1.82, 2.24) is 5.32 Å². The zero-order chi connectivity index (χ0) is 19.6. The molecule has 1 amide bonds. The highest BCUT2D eigenvalue weighted by molar-refractivity contribution is 5.81. The number of aryl methyl sites for hydroxylation is 2. The predicted molar refractivity (Wildman–Crippen MR) is 107 cm³/mol. The number of rotatable bonds is 5. The van der Waals surface area contributed by atoms with Crippen molar-refractivity contribution in [2.45, 2.75) is 65.2 Å². The van der Waals surface area contributed by atoms with Crippen molar-refractivity contribution < 1.29 is 14.3 Å². The number of nitrogens with one attached hydrogen (secondary N) is 1. The molecule has 27 heavy (non-hydrogen) atoms. The first-order valence-corrected chi connectivity index (χ1v) is 9.61. The van der Waals surface area contributed by atoms with Crippen molar-refractivity contribution in [3.05, 3.63) is 59.2 Å². The van der Waals surface area contributed by atoms with E-state index >= 15 is 0 Å². The molecule has 0 saturated carbocycles. The second kappa shape index (κ2) is 7.63. The second-order valence-corrected chi connectivity index (χ2v) is 7.95. The third-order valence-corrected chi connectivity index (χ3v) is 4.96. The summed E-state index contributed by atoms with van der Waals surface area (Å²) in [6, 6.07) is 13.8. The number of amides is 1. The van der Waals surface area contributed by atoms with E-state index in [-0.39, 0.29) is 17.6 Å². The normalized spacial score (nSPS) is 18.8. The summed E-state index contributed by atoms with van der Waals surface area (Å²) in [5, 5.41) is 3.19. The van der Waals surface area contributed by atoms with Crippen molar-refractivity contribution in [3.63, 3.8) is 0 Å². The minimum atomic E-state index is -0.524. The van der Waals surface area contributed by atoms with E-state index < -0.39 is 6.10 Å². The van der Waals surface area contributed by atoms with E-state index in [9.17, 15) is 4.79 Å². The van der Waals surface area contributed by atoms with Gasteiger partial charge < -0.3 is 14.8 Å². The fourth-order valence-electron chi connectivity index (χ4n) is 3.60. The van der Waals surface area contributed by atoms with Crippen LogP contribution in [0, 0.1) is 13.8 Å². The van der Waals surface area contributed by atoms with Crippen LogP contribution in [-0.2, 0) is 4.79 Å². The van der Waals surface area contributed by atoms with Crippen molar-refractivity contribution in [1.29, 1.82) is 0 Å². The molecule has 0 spiro atoms. The molecule has 4 heteroatoms. The Morgan fingerprint density at radius 1 is 1.26 bits per heavy atom. The standard InChI is InChI=1S/C23H29NO3/c1-6-19(26-20-12-11-15(2)13-16(20)3)22(25)24-18-14-23(4,5)27-21-10-8-7-9-17(18)21/h7-13,18-19H,6,14H2,1-5H3,(H,24,25). The molecule has 0 radical (unpaired) electrons. The summed E-state index contributed by atoms with van der Waals surface area (Å²) in [5.74, 6) is 1.51. The number of fused-ring (bicyclic) bond motifs is 1. The van der Waals surface area contributed by atoms with Gasteiger partial charge in [-0.15, -0.1) is 0 Å². The van der Waals surface area contributed by atoms with E-state index in [0.717, 1.165) is 29.0 Å². The number of hydrogen-bond donors (Lipinski definition) is 1. The summed E-state index contributed by atoms with van der Waals surface area (Å²) >= 11 is 0. The molecule has 2 aromatic carbocycles. The van der Waals surface area contributed by atoms with E-state index in [0.29, 0.717) is 6.42 Å². The fraction of sp³-hybridized carbons (Fsp3) is 0.435. The van der Waals surface area contributed by atoms with Gasteiger partial charge >= 0.3 is 0 Å². The van der Waals surface area contributed by atoms with E-state index in [4.69, 9.17) is 9.47 Å². The molecule has 0 aromatic heterocycles. The van der Waals surface area contributed by atoms with Crippen LogP contribution < -0.4 is 14.8 Å². The smallest absolute Gasteiger partial charge is 0.261 e. The zero-order valence-electron chi connectivity index (χ0n) is 16.8. The molecule has 1 N–H and O–H groups in total. The Morgan fingerprint density at radius 3 is 2.70 bits per heavy atom. The summed E-state index contributed by atoms with van der Waals surface area (Å²) in [5.41, 5.74) is 2.91. The largest absolute Gasteiger partial charge is 0.487 e. The first-order valence-electron chi connectivity index (χ1n) is 9.61. The quantitative estimate of drug-likeness (QED) is 0.819. The van der Waals surface area contributed by atoms with Crippen LogP contribution in [0.4, 0.5) is 0 Å². The van der Waals surface area contributed by atoms with Crippen LogP contribution in [-0.4, -0.2) is 17.6 Å². The first-order chi connectivity index (χ1) is 12.8. The van der Waals surface area contributed by atoms with Gasteiger partial charge in [-0.2, -0.15) is 0 Å². The number of carbonyl (C=O) groups excluding carboxylic acids is 1. The van der Waals surface area contributed by atoms with Crippen LogP contribution in [0.1, 0.15) is 56.3 Å². The SMILES string of the molecule is CCC(Oc1ccc(C)cc1C)C(=O)NC1CC(C)(C)Oc2ccccc21. The van der Waals surface area contributed by atoms with Gasteiger partial charge in [-0.3, -0.25) is 4.79 Å². The summed E-state index contributed by atoms with van der Waals surface area (Å²) < 4.78 is 12.1. The molecule has 2 unspecified atom stereocenters. The minimum Gasteiger partial charge on any atom is -0.487 e. The minimum absolute atomic E-state index is 0.0880. The number of carbonyl (C=O) groups is 1. The molecule has 0 aliphatic carbocycles. The van der Waals surface area contributed by atoms with Gasteiger partial charge in [0.05, 0.1) is 6.04 Å². The predicted octanol–water partition coefficient (Wildman–Crippen LogP) is 4.88. The van der Waals surface area contributed by atoms with Gasteiger partial charge in [0, 0.05) is 12.0 Å². The molecule has 4 nitrogen and oxygen atoms in total. The van der Waals surface area contributed by atoms with Gasteiger partial charge in [-0.25, -0.2) is 0 Å². The van der Waals surface area contributed by atoms with Crippen LogP contribution in [0.15, 0.2) is 42.5 Å². The molecule has 2 aromatic rings. The van der Waals surface area contributed by atoms with E-state index in [2.05, 4.69) is 11.4 Å². The van der Waals surface area contributed by atoms with Gasteiger partial charge in [0.15, 0.2) is 6.10 Å². The molecule has 0 bridgehead atoms. The molecule has 1 aliphatic heterocycles. The lowest BCUT2D eigenvalue weighted by molar-refractivity contribution is -0.129. The fourth-order valence-corrected chi connectivity index (χ4v) is 3.60. The lowest BCUT2D eigenvalue weighted by Gasteiger charge is -2.38. The van der Waals surface area contributed by atoms with Crippen LogP contribution in [0.25, 0.3) is 0 Å². The maximum Gasteiger partial charge on any atom is 0.261 e. The molecule has 2 atom stereocenters. The van der Waals surface area contributed by atoms with Gasteiger partial charge in [0.2, 0.25) is 0 Å². The molecule has 1 heterocycles. The molecule has 144 valence electrons. The molecule has 0 fully saturated rings. The van der Waals surface area contributed by atoms with Crippen molar-refractivity contribution in [3.8, 4) is 11.5 Å². The van der Waals surface area contributed by atoms with Gasteiger partial charge in [-0.1, -0.05) is 42.8 Å². The maximum atomic E-state index is 13.0. The van der Waals surface area contributed by atoms with E-state index in [1.807, 2.05) is 71.0 Å². The number of para-hydroxylation sites is 1. The average Bonchev–Trinajstić information content (AvgIpc) is 2.60. The number of benzene rings is 2. The topological polar surface area (TPSA) is 47.6 Å². The molecular weight excluding hydrogens is 338 g/mol. The summed E-state index contributed by atoms with van der Waals surface area (Å²) in [7, 11) is 0. The van der Waals surface area contributed by atoms with Crippen LogP contribution in [0.2, 0.25) is 0 Å². The van der Waals surface area contributed by atoms with Gasteiger partial charge in [-0.05, 0) is 51.8 Å². The number of hydrogen-bond acceptors (Lipinski definition) is 3. The molecule has 1 aliphatic rings. The second-order valence-electron chi connectivity index (χ2n) is 7.95. The van der Waals surface area contributed by atoms with Crippen LogP contribution in [0.5, 0.6) is 11.5 Å². The summed E-state index contributed by atoms with van der Waals surface area (Å²) in [4.78, 5) is 13.0. The molecule has 3 rings (SSSR count). The van der Waals surface area contributed by atoms with Crippen molar-refractivity contribution >= 4 is 5.91 Å². The Kier molecular flexibility index (Phi) is 5.45.